The second-order valence-corrected chi connectivity index (χ2v) is 6.33. The number of aryl methyl sites for hydroxylation is 1. The molecule has 0 radical (unpaired) electrons. The van der Waals surface area contributed by atoms with Gasteiger partial charge >= 0.3 is 0 Å². The first kappa shape index (κ1) is 17.9. The Morgan fingerprint density at radius 2 is 2.18 bits per heavy atom. The maximum absolute atomic E-state index is 12.8. The van der Waals surface area contributed by atoms with Crippen LogP contribution in [0.15, 0.2) is 39.8 Å². The molecule has 0 spiro atoms. The molecule has 4 rings (SSSR count). The molecule has 144 valence electrons. The minimum atomic E-state index is -0.417. The van der Waals surface area contributed by atoms with E-state index >= 15 is 0 Å². The lowest BCUT2D eigenvalue weighted by molar-refractivity contribution is 0.0950. The van der Waals surface area contributed by atoms with E-state index in [0.717, 1.165) is 11.0 Å². The number of carbonyl (C=O) groups is 1. The lowest BCUT2D eigenvalue weighted by Crippen LogP contribution is -2.27. The van der Waals surface area contributed by atoms with Crippen molar-refractivity contribution in [3.05, 3.63) is 58.1 Å². The van der Waals surface area contributed by atoms with E-state index in [1.165, 1.54) is 10.9 Å². The minimum Gasteiger partial charge on any atom is -0.442 e. The highest BCUT2D eigenvalue weighted by atomic mass is 16.5. The van der Waals surface area contributed by atoms with E-state index in [1.54, 1.807) is 14.0 Å². The van der Waals surface area contributed by atoms with E-state index in [0.29, 0.717) is 24.7 Å². The number of amides is 1. The predicted octanol–water partition coefficient (Wildman–Crippen LogP) is 1.75. The standard InChI is InChI=1S/C19H19N5O4/c1-11-15(16-18(28-11)21-10-24(19(16)26)7-8-27-2)17(25)20-9-14-22-12-5-3-4-6-13(12)23-14/h3-6,10H,7-9H2,1-2H3,(H,20,25)(H,22,23). The zero-order valence-electron chi connectivity index (χ0n) is 15.5. The van der Waals surface area contributed by atoms with E-state index in [9.17, 15) is 9.59 Å². The van der Waals surface area contributed by atoms with Crippen molar-refractivity contribution in [1.82, 2.24) is 24.8 Å². The Morgan fingerprint density at radius 1 is 1.36 bits per heavy atom. The summed E-state index contributed by atoms with van der Waals surface area (Å²) < 4.78 is 11.9. The Balaban J connectivity index is 1.62. The zero-order valence-corrected chi connectivity index (χ0v) is 15.5. The number of H-pyrrole nitrogens is 1. The predicted molar refractivity (Wildman–Crippen MR) is 102 cm³/mol. The molecule has 4 aromatic rings. The van der Waals surface area contributed by atoms with Crippen molar-refractivity contribution in [2.45, 2.75) is 20.0 Å². The number of hydrogen-bond acceptors (Lipinski definition) is 6. The van der Waals surface area contributed by atoms with E-state index in [4.69, 9.17) is 9.15 Å². The van der Waals surface area contributed by atoms with Gasteiger partial charge in [-0.2, -0.15) is 0 Å². The number of nitrogens with zero attached hydrogens (tertiary/aromatic N) is 3. The summed E-state index contributed by atoms with van der Waals surface area (Å²) in [5.74, 6) is 0.543. The third kappa shape index (κ3) is 3.16. The number of aromatic nitrogens is 4. The van der Waals surface area contributed by atoms with Gasteiger partial charge in [-0.25, -0.2) is 9.97 Å². The Labute approximate surface area is 159 Å². The van der Waals surface area contributed by atoms with Gasteiger partial charge in [-0.05, 0) is 19.1 Å². The van der Waals surface area contributed by atoms with E-state index < -0.39 is 5.91 Å². The molecule has 1 aromatic carbocycles. The average molecular weight is 381 g/mol. The number of imidazole rings is 1. The summed E-state index contributed by atoms with van der Waals surface area (Å²) in [5, 5.41) is 2.96. The maximum Gasteiger partial charge on any atom is 0.265 e. The number of rotatable bonds is 6. The summed E-state index contributed by atoms with van der Waals surface area (Å²) in [5.41, 5.74) is 1.71. The topological polar surface area (TPSA) is 115 Å². The fourth-order valence-electron chi connectivity index (χ4n) is 3.10. The third-order valence-corrected chi connectivity index (χ3v) is 4.47. The van der Waals surface area contributed by atoms with Gasteiger partial charge in [0.1, 0.15) is 23.3 Å². The molecule has 2 N–H and O–H groups in total. The zero-order chi connectivity index (χ0) is 19.7. The quantitative estimate of drug-likeness (QED) is 0.526. The molecule has 0 fully saturated rings. The summed E-state index contributed by atoms with van der Waals surface area (Å²) in [7, 11) is 1.55. The van der Waals surface area contributed by atoms with Gasteiger partial charge in [-0.3, -0.25) is 14.2 Å². The molecular weight excluding hydrogens is 362 g/mol. The van der Waals surface area contributed by atoms with Crippen LogP contribution in [0.3, 0.4) is 0 Å². The van der Waals surface area contributed by atoms with Gasteiger partial charge in [0.05, 0.1) is 36.3 Å². The second kappa shape index (κ2) is 7.28. The van der Waals surface area contributed by atoms with Crippen LogP contribution in [0.2, 0.25) is 0 Å². The molecule has 0 bridgehead atoms. The molecule has 28 heavy (non-hydrogen) atoms. The highest BCUT2D eigenvalue weighted by Gasteiger charge is 2.23. The fraction of sp³-hybridized carbons (Fsp3) is 0.263. The van der Waals surface area contributed by atoms with Gasteiger partial charge < -0.3 is 19.5 Å². The molecular formula is C19H19N5O4. The summed E-state index contributed by atoms with van der Waals surface area (Å²) in [6.07, 6.45) is 1.39. The molecule has 3 heterocycles. The Bertz CT molecular complexity index is 1190. The number of aromatic amines is 1. The van der Waals surface area contributed by atoms with E-state index in [2.05, 4.69) is 20.3 Å². The molecule has 0 atom stereocenters. The van der Waals surface area contributed by atoms with Crippen LogP contribution in [0.25, 0.3) is 22.1 Å². The summed E-state index contributed by atoms with van der Waals surface area (Å²) in [4.78, 5) is 37.3. The monoisotopic (exact) mass is 381 g/mol. The summed E-state index contributed by atoms with van der Waals surface area (Å²) in [6.45, 7) is 2.52. The van der Waals surface area contributed by atoms with Crippen molar-refractivity contribution in [2.24, 2.45) is 0 Å². The van der Waals surface area contributed by atoms with Crippen molar-refractivity contribution in [1.29, 1.82) is 0 Å². The maximum atomic E-state index is 12.8. The van der Waals surface area contributed by atoms with Gasteiger partial charge in [-0.1, -0.05) is 12.1 Å². The van der Waals surface area contributed by atoms with Gasteiger partial charge in [0.25, 0.3) is 11.5 Å². The van der Waals surface area contributed by atoms with Crippen LogP contribution in [-0.4, -0.2) is 39.1 Å². The SMILES string of the molecule is COCCn1cnc2oc(C)c(C(=O)NCc3nc4ccccc4[nH]3)c2c1=O. The second-order valence-electron chi connectivity index (χ2n) is 6.33. The summed E-state index contributed by atoms with van der Waals surface area (Å²) >= 11 is 0. The number of carbonyl (C=O) groups excluding carboxylic acids is 1. The number of nitrogens with one attached hydrogen (secondary N) is 2. The molecule has 0 unspecified atom stereocenters. The van der Waals surface area contributed by atoms with Crippen molar-refractivity contribution in [3.8, 4) is 0 Å². The van der Waals surface area contributed by atoms with Gasteiger partial charge in [0, 0.05) is 7.11 Å². The number of benzene rings is 1. The van der Waals surface area contributed by atoms with Crippen LogP contribution in [0.1, 0.15) is 21.9 Å². The van der Waals surface area contributed by atoms with Crippen molar-refractivity contribution in [2.75, 3.05) is 13.7 Å². The number of fused-ring (bicyclic) bond motifs is 2. The Morgan fingerprint density at radius 3 is 2.96 bits per heavy atom. The van der Waals surface area contributed by atoms with Gasteiger partial charge in [0.15, 0.2) is 0 Å². The first-order chi connectivity index (χ1) is 13.6. The van der Waals surface area contributed by atoms with Crippen LogP contribution in [0, 0.1) is 6.92 Å². The molecule has 9 nitrogen and oxygen atoms in total. The number of para-hydroxylation sites is 2. The van der Waals surface area contributed by atoms with Crippen molar-refractivity contribution < 1.29 is 13.9 Å². The number of ether oxygens (including phenoxy) is 1. The van der Waals surface area contributed by atoms with Gasteiger partial charge in [0.2, 0.25) is 5.71 Å². The first-order valence-electron chi connectivity index (χ1n) is 8.77. The Hall–Kier alpha value is -3.46. The van der Waals surface area contributed by atoms with Crippen LogP contribution in [0.4, 0.5) is 0 Å². The number of hydrogen-bond donors (Lipinski definition) is 2. The van der Waals surface area contributed by atoms with E-state index in [-0.39, 0.29) is 28.8 Å². The first-order valence-corrected chi connectivity index (χ1v) is 8.77. The molecule has 0 aliphatic carbocycles. The molecule has 0 saturated carbocycles. The molecule has 0 aliphatic heterocycles. The minimum absolute atomic E-state index is 0.144. The number of methoxy groups -OCH3 is 1. The molecule has 0 saturated heterocycles. The third-order valence-electron chi connectivity index (χ3n) is 4.47. The number of furan rings is 1. The van der Waals surface area contributed by atoms with Crippen LogP contribution in [0.5, 0.6) is 0 Å². The molecule has 3 aromatic heterocycles. The highest BCUT2D eigenvalue weighted by Crippen LogP contribution is 2.21. The normalized spacial score (nSPS) is 11.4. The Kier molecular flexibility index (Phi) is 4.66. The molecule has 0 aliphatic rings. The lowest BCUT2D eigenvalue weighted by Gasteiger charge is -2.05. The smallest absolute Gasteiger partial charge is 0.265 e. The van der Waals surface area contributed by atoms with Crippen LogP contribution >= 0.6 is 0 Å². The molecule has 1 amide bonds. The highest BCUT2D eigenvalue weighted by molar-refractivity contribution is 6.06. The van der Waals surface area contributed by atoms with Crippen LogP contribution < -0.4 is 10.9 Å². The lowest BCUT2D eigenvalue weighted by atomic mass is 10.2. The average Bonchev–Trinajstić information content (AvgIpc) is 3.26. The van der Waals surface area contributed by atoms with E-state index in [1.807, 2.05) is 24.3 Å². The van der Waals surface area contributed by atoms with Gasteiger partial charge in [-0.15, -0.1) is 0 Å². The molecule has 9 heteroatoms. The summed E-state index contributed by atoms with van der Waals surface area (Å²) in [6, 6.07) is 7.61. The van der Waals surface area contributed by atoms with Crippen LogP contribution in [-0.2, 0) is 17.8 Å². The van der Waals surface area contributed by atoms with Crippen molar-refractivity contribution in [3.63, 3.8) is 0 Å². The van der Waals surface area contributed by atoms with Crippen molar-refractivity contribution >= 4 is 28.0 Å². The fourth-order valence-corrected chi connectivity index (χ4v) is 3.10. The largest absolute Gasteiger partial charge is 0.442 e.